The Labute approximate surface area is 116 Å². The van der Waals surface area contributed by atoms with Crippen LogP contribution in [0.3, 0.4) is 0 Å². The Kier molecular flexibility index (Phi) is 16.6. The second-order valence-electron chi connectivity index (χ2n) is 3.70. The molecule has 5 heteroatoms. The third-order valence-corrected chi connectivity index (χ3v) is 2.06. The molecule has 19 heavy (non-hydrogen) atoms. The van der Waals surface area contributed by atoms with Gasteiger partial charge in [-0.25, -0.2) is 0 Å². The van der Waals surface area contributed by atoms with Crippen LogP contribution in [0.1, 0.15) is 0 Å². The molecule has 0 heterocycles. The lowest BCUT2D eigenvalue weighted by atomic mass is 10.6. The van der Waals surface area contributed by atoms with Gasteiger partial charge in [-0.3, -0.25) is 0 Å². The smallest absolute Gasteiger partial charge is 0.0704 e. The maximum absolute atomic E-state index is 5.36. The summed E-state index contributed by atoms with van der Waals surface area (Å²) in [5.74, 6) is 0. The number of rotatable bonds is 16. The van der Waals surface area contributed by atoms with Gasteiger partial charge < -0.3 is 24.3 Å². The lowest BCUT2D eigenvalue weighted by molar-refractivity contribution is 0.0527. The van der Waals surface area contributed by atoms with Crippen molar-refractivity contribution in [1.82, 2.24) is 5.32 Å². The van der Waals surface area contributed by atoms with Gasteiger partial charge in [0.25, 0.3) is 0 Å². The van der Waals surface area contributed by atoms with Crippen molar-refractivity contribution in [3.63, 3.8) is 0 Å². The zero-order valence-electron chi connectivity index (χ0n) is 11.8. The van der Waals surface area contributed by atoms with Gasteiger partial charge in [0.2, 0.25) is 0 Å². The molecule has 0 radical (unpaired) electrons. The lowest BCUT2D eigenvalue weighted by Crippen LogP contribution is -2.25. The molecular weight excluding hydrogens is 246 g/mol. The summed E-state index contributed by atoms with van der Waals surface area (Å²) in [6, 6.07) is 0. The molecule has 0 aliphatic rings. The van der Waals surface area contributed by atoms with E-state index in [4.69, 9.17) is 18.9 Å². The zero-order valence-corrected chi connectivity index (χ0v) is 11.8. The van der Waals surface area contributed by atoms with Crippen LogP contribution in [-0.2, 0) is 18.9 Å². The monoisotopic (exact) mass is 273 g/mol. The first kappa shape index (κ1) is 18.3. The molecule has 0 bridgehead atoms. The molecule has 0 aromatic heterocycles. The van der Waals surface area contributed by atoms with E-state index in [0.717, 1.165) is 13.1 Å². The van der Waals surface area contributed by atoms with Gasteiger partial charge in [0.1, 0.15) is 0 Å². The summed E-state index contributed by atoms with van der Waals surface area (Å²) >= 11 is 0. The van der Waals surface area contributed by atoms with Crippen LogP contribution >= 0.6 is 0 Å². The molecule has 1 N–H and O–H groups in total. The molecule has 0 aromatic carbocycles. The molecule has 5 nitrogen and oxygen atoms in total. The van der Waals surface area contributed by atoms with Gasteiger partial charge in [-0.1, -0.05) is 12.2 Å². The van der Waals surface area contributed by atoms with E-state index in [-0.39, 0.29) is 0 Å². The second-order valence-corrected chi connectivity index (χ2v) is 3.70. The summed E-state index contributed by atoms with van der Waals surface area (Å²) < 4.78 is 21.1. The van der Waals surface area contributed by atoms with E-state index in [0.29, 0.717) is 52.9 Å². The first-order valence-electron chi connectivity index (χ1n) is 6.65. The SMILES string of the molecule is C=CCOCCOCCNCCOCCOCC=C. The van der Waals surface area contributed by atoms with E-state index in [1.165, 1.54) is 0 Å². The normalized spacial score (nSPS) is 10.5. The molecule has 0 unspecified atom stereocenters. The molecule has 0 saturated carbocycles. The van der Waals surface area contributed by atoms with Crippen molar-refractivity contribution in [1.29, 1.82) is 0 Å². The number of ether oxygens (including phenoxy) is 4. The van der Waals surface area contributed by atoms with Crippen molar-refractivity contribution in [2.75, 3.05) is 65.9 Å². The van der Waals surface area contributed by atoms with Crippen LogP contribution in [0, 0.1) is 0 Å². The predicted octanol–water partition coefficient (Wildman–Crippen LogP) is 1.01. The minimum absolute atomic E-state index is 0.579. The van der Waals surface area contributed by atoms with E-state index in [1.54, 1.807) is 12.2 Å². The van der Waals surface area contributed by atoms with Crippen LogP contribution in [0.15, 0.2) is 25.3 Å². The van der Waals surface area contributed by atoms with Gasteiger partial charge in [-0.05, 0) is 0 Å². The van der Waals surface area contributed by atoms with Crippen LogP contribution in [0.5, 0.6) is 0 Å². The Morgan fingerprint density at radius 1 is 0.632 bits per heavy atom. The van der Waals surface area contributed by atoms with Crippen LogP contribution in [0.25, 0.3) is 0 Å². The van der Waals surface area contributed by atoms with Gasteiger partial charge in [-0.2, -0.15) is 0 Å². The fraction of sp³-hybridized carbons (Fsp3) is 0.714. The van der Waals surface area contributed by atoms with Crippen molar-refractivity contribution in [2.24, 2.45) is 0 Å². The highest BCUT2D eigenvalue weighted by Gasteiger charge is 1.91. The summed E-state index contributed by atoms with van der Waals surface area (Å²) in [6.45, 7) is 13.7. The third kappa shape index (κ3) is 17.3. The van der Waals surface area contributed by atoms with Crippen molar-refractivity contribution in [3.05, 3.63) is 25.3 Å². The van der Waals surface area contributed by atoms with Crippen molar-refractivity contribution in [2.45, 2.75) is 0 Å². The highest BCUT2D eigenvalue weighted by atomic mass is 16.5. The van der Waals surface area contributed by atoms with E-state index in [1.807, 2.05) is 0 Å². The molecule has 0 aromatic rings. The number of hydrogen-bond donors (Lipinski definition) is 1. The van der Waals surface area contributed by atoms with E-state index in [2.05, 4.69) is 18.5 Å². The van der Waals surface area contributed by atoms with Crippen LogP contribution in [0.4, 0.5) is 0 Å². The molecule has 112 valence electrons. The maximum atomic E-state index is 5.36. The van der Waals surface area contributed by atoms with Crippen molar-refractivity contribution < 1.29 is 18.9 Å². The Morgan fingerprint density at radius 3 is 1.47 bits per heavy atom. The van der Waals surface area contributed by atoms with Crippen LogP contribution in [-0.4, -0.2) is 65.9 Å². The average molecular weight is 273 g/mol. The molecule has 0 aliphatic carbocycles. The molecule has 0 spiro atoms. The number of nitrogens with one attached hydrogen (secondary N) is 1. The average Bonchev–Trinajstić information content (AvgIpc) is 2.43. The summed E-state index contributed by atoms with van der Waals surface area (Å²) in [5, 5.41) is 3.23. The van der Waals surface area contributed by atoms with Gasteiger partial charge >= 0.3 is 0 Å². The zero-order chi connectivity index (χ0) is 14.0. The van der Waals surface area contributed by atoms with Gasteiger partial charge in [0, 0.05) is 13.1 Å². The molecule has 0 amide bonds. The number of hydrogen-bond acceptors (Lipinski definition) is 5. The standard InChI is InChI=1S/C14H27NO4/c1-3-7-16-11-13-18-9-5-15-6-10-19-14-12-17-8-4-2/h3-4,15H,1-2,5-14H2. The first-order chi connectivity index (χ1) is 9.41. The molecule has 0 saturated heterocycles. The lowest BCUT2D eigenvalue weighted by Gasteiger charge is -2.07. The highest BCUT2D eigenvalue weighted by Crippen LogP contribution is 1.80. The maximum Gasteiger partial charge on any atom is 0.0704 e. The summed E-state index contributed by atoms with van der Waals surface area (Å²) in [5.41, 5.74) is 0. The predicted molar refractivity (Wildman–Crippen MR) is 76.5 cm³/mol. The van der Waals surface area contributed by atoms with Gasteiger partial charge in [0.05, 0.1) is 52.9 Å². The second kappa shape index (κ2) is 17.3. The topological polar surface area (TPSA) is 49.0 Å². The fourth-order valence-electron chi connectivity index (χ4n) is 1.19. The molecule has 0 fully saturated rings. The van der Waals surface area contributed by atoms with Gasteiger partial charge in [-0.15, -0.1) is 13.2 Å². The summed E-state index contributed by atoms with van der Waals surface area (Å²) in [6.07, 6.45) is 3.45. The third-order valence-electron chi connectivity index (χ3n) is 2.06. The quantitative estimate of drug-likeness (QED) is 0.336. The van der Waals surface area contributed by atoms with Crippen LogP contribution in [0.2, 0.25) is 0 Å². The fourth-order valence-corrected chi connectivity index (χ4v) is 1.19. The molecular formula is C14H27NO4. The minimum Gasteiger partial charge on any atom is -0.378 e. The largest absolute Gasteiger partial charge is 0.378 e. The Balaban J connectivity index is 2.91. The first-order valence-corrected chi connectivity index (χ1v) is 6.65. The van der Waals surface area contributed by atoms with Crippen LogP contribution < -0.4 is 5.32 Å². The molecule has 0 atom stereocenters. The summed E-state index contributed by atoms with van der Waals surface area (Å²) in [7, 11) is 0. The Morgan fingerprint density at radius 2 is 1.05 bits per heavy atom. The summed E-state index contributed by atoms with van der Waals surface area (Å²) in [4.78, 5) is 0. The van der Waals surface area contributed by atoms with E-state index in [9.17, 15) is 0 Å². The van der Waals surface area contributed by atoms with E-state index >= 15 is 0 Å². The van der Waals surface area contributed by atoms with Gasteiger partial charge in [0.15, 0.2) is 0 Å². The van der Waals surface area contributed by atoms with Crippen molar-refractivity contribution >= 4 is 0 Å². The Bertz CT molecular complexity index is 180. The molecule has 0 rings (SSSR count). The van der Waals surface area contributed by atoms with Crippen molar-refractivity contribution in [3.8, 4) is 0 Å². The minimum atomic E-state index is 0.579. The Hall–Kier alpha value is -0.720. The molecule has 0 aliphatic heterocycles. The van der Waals surface area contributed by atoms with E-state index < -0.39 is 0 Å². The highest BCUT2D eigenvalue weighted by molar-refractivity contribution is 4.63.